The van der Waals surface area contributed by atoms with E-state index in [1.165, 1.54) is 0 Å². The minimum absolute atomic E-state index is 0.400. The normalized spacial score (nSPS) is 10.3. The number of primary amides is 1. The predicted molar refractivity (Wildman–Crippen MR) is 89.9 cm³/mol. The molecule has 2 aromatic carbocycles. The van der Waals surface area contributed by atoms with E-state index in [1.807, 2.05) is 48.5 Å². The summed E-state index contributed by atoms with van der Waals surface area (Å²) in [5.74, 6) is -1.32. The molecule has 0 bridgehead atoms. The molecular formula is C18H16N2O3. The number of hydrogen-bond acceptors (Lipinski definition) is 2. The van der Waals surface area contributed by atoms with Gasteiger partial charge in [0.15, 0.2) is 0 Å². The van der Waals surface area contributed by atoms with Gasteiger partial charge in [0, 0.05) is 17.7 Å². The molecule has 0 saturated heterocycles. The fourth-order valence-electron chi connectivity index (χ4n) is 2.02. The molecule has 0 aliphatic carbocycles. The minimum atomic E-state index is -0.922. The average Bonchev–Trinajstić information content (AvgIpc) is 3.03. The van der Waals surface area contributed by atoms with Crippen LogP contribution in [-0.4, -0.2) is 22.0 Å². The average molecular weight is 308 g/mol. The van der Waals surface area contributed by atoms with Crippen molar-refractivity contribution in [1.82, 2.24) is 4.98 Å². The van der Waals surface area contributed by atoms with Crippen molar-refractivity contribution in [2.24, 2.45) is 5.73 Å². The summed E-state index contributed by atoms with van der Waals surface area (Å²) >= 11 is 0. The van der Waals surface area contributed by atoms with Gasteiger partial charge in [-0.2, -0.15) is 0 Å². The highest BCUT2D eigenvalue weighted by Crippen LogP contribution is 2.15. The van der Waals surface area contributed by atoms with Crippen molar-refractivity contribution in [2.75, 3.05) is 0 Å². The molecule has 0 unspecified atom stereocenters. The Labute approximate surface area is 133 Å². The van der Waals surface area contributed by atoms with E-state index in [9.17, 15) is 9.59 Å². The summed E-state index contributed by atoms with van der Waals surface area (Å²) < 4.78 is 0. The lowest BCUT2D eigenvalue weighted by Gasteiger charge is -1.96. The Hall–Kier alpha value is -3.34. The number of hydrogen-bond donors (Lipinski definition) is 3. The van der Waals surface area contributed by atoms with E-state index in [4.69, 9.17) is 10.8 Å². The molecule has 1 amide bonds. The number of carboxylic acids is 1. The Morgan fingerprint density at radius 2 is 1.74 bits per heavy atom. The molecule has 3 aromatic rings. The number of carbonyl (C=O) groups is 2. The first-order valence-corrected chi connectivity index (χ1v) is 6.90. The Morgan fingerprint density at radius 1 is 1.00 bits per heavy atom. The lowest BCUT2D eigenvalue weighted by Crippen LogP contribution is -2.11. The van der Waals surface area contributed by atoms with E-state index in [0.29, 0.717) is 5.56 Å². The third-order valence-electron chi connectivity index (χ3n) is 3.07. The fourth-order valence-corrected chi connectivity index (χ4v) is 2.02. The summed E-state index contributed by atoms with van der Waals surface area (Å²) in [6.07, 6.45) is 4.47. The molecule has 0 atom stereocenters. The van der Waals surface area contributed by atoms with Crippen LogP contribution in [0.2, 0.25) is 0 Å². The highest BCUT2D eigenvalue weighted by molar-refractivity contribution is 6.04. The second-order valence-corrected chi connectivity index (χ2v) is 4.69. The number of aromatic nitrogens is 1. The number of nitrogens with one attached hydrogen (secondary N) is 1. The SMILES string of the molecule is NC(=O)c1cccc2cc[nH]c12.O=C(O)C=Cc1ccccc1. The van der Waals surface area contributed by atoms with Crippen molar-refractivity contribution in [3.63, 3.8) is 0 Å². The van der Waals surface area contributed by atoms with Crippen LogP contribution in [0, 0.1) is 0 Å². The molecule has 0 aliphatic heterocycles. The van der Waals surface area contributed by atoms with Crippen molar-refractivity contribution >= 4 is 28.9 Å². The molecule has 23 heavy (non-hydrogen) atoms. The molecule has 0 aliphatic rings. The summed E-state index contributed by atoms with van der Waals surface area (Å²) in [5.41, 5.74) is 7.43. The van der Waals surface area contributed by atoms with E-state index in [0.717, 1.165) is 22.5 Å². The number of aromatic amines is 1. The van der Waals surface area contributed by atoms with Crippen LogP contribution < -0.4 is 5.73 Å². The Balaban J connectivity index is 0.000000168. The zero-order valence-electron chi connectivity index (χ0n) is 12.3. The molecule has 1 heterocycles. The van der Waals surface area contributed by atoms with Gasteiger partial charge in [0.25, 0.3) is 5.91 Å². The number of benzene rings is 2. The number of nitrogens with two attached hydrogens (primary N) is 1. The maximum absolute atomic E-state index is 10.9. The largest absolute Gasteiger partial charge is 0.478 e. The van der Waals surface area contributed by atoms with Crippen LogP contribution in [0.5, 0.6) is 0 Å². The van der Waals surface area contributed by atoms with E-state index < -0.39 is 11.9 Å². The van der Waals surface area contributed by atoms with E-state index in [1.54, 1.807) is 18.3 Å². The summed E-state index contributed by atoms with van der Waals surface area (Å²) in [6, 6.07) is 16.7. The van der Waals surface area contributed by atoms with Crippen molar-refractivity contribution in [3.05, 3.63) is 78.0 Å². The van der Waals surface area contributed by atoms with Crippen LogP contribution in [0.1, 0.15) is 15.9 Å². The minimum Gasteiger partial charge on any atom is -0.478 e. The van der Waals surface area contributed by atoms with Crippen molar-refractivity contribution in [3.8, 4) is 0 Å². The number of H-pyrrole nitrogens is 1. The third-order valence-corrected chi connectivity index (χ3v) is 3.07. The second kappa shape index (κ2) is 7.61. The maximum Gasteiger partial charge on any atom is 0.328 e. The number of aliphatic carboxylic acids is 1. The molecule has 0 spiro atoms. The molecule has 116 valence electrons. The lowest BCUT2D eigenvalue weighted by atomic mass is 10.1. The third kappa shape index (κ3) is 4.57. The number of para-hydroxylation sites is 1. The Bertz CT molecular complexity index is 836. The Morgan fingerprint density at radius 3 is 2.39 bits per heavy atom. The Kier molecular flexibility index (Phi) is 5.30. The number of rotatable bonds is 3. The van der Waals surface area contributed by atoms with Gasteiger partial charge in [0.1, 0.15) is 0 Å². The van der Waals surface area contributed by atoms with E-state index in [-0.39, 0.29) is 0 Å². The molecule has 3 rings (SSSR count). The number of amides is 1. The van der Waals surface area contributed by atoms with Gasteiger partial charge < -0.3 is 15.8 Å². The van der Waals surface area contributed by atoms with Crippen LogP contribution in [0.4, 0.5) is 0 Å². The summed E-state index contributed by atoms with van der Waals surface area (Å²) in [6.45, 7) is 0. The second-order valence-electron chi connectivity index (χ2n) is 4.69. The monoisotopic (exact) mass is 308 g/mol. The van der Waals surface area contributed by atoms with Crippen LogP contribution in [0.15, 0.2) is 66.9 Å². The van der Waals surface area contributed by atoms with Crippen molar-refractivity contribution < 1.29 is 14.7 Å². The number of fused-ring (bicyclic) bond motifs is 1. The van der Waals surface area contributed by atoms with Crippen LogP contribution in [-0.2, 0) is 4.79 Å². The van der Waals surface area contributed by atoms with E-state index in [2.05, 4.69) is 4.98 Å². The van der Waals surface area contributed by atoms with Crippen molar-refractivity contribution in [1.29, 1.82) is 0 Å². The first-order valence-electron chi connectivity index (χ1n) is 6.90. The van der Waals surface area contributed by atoms with Gasteiger partial charge in [-0.05, 0) is 23.8 Å². The van der Waals surface area contributed by atoms with E-state index >= 15 is 0 Å². The summed E-state index contributed by atoms with van der Waals surface area (Å²) in [5, 5.41) is 9.29. The molecule has 0 saturated carbocycles. The number of carbonyl (C=O) groups excluding carboxylic acids is 1. The van der Waals surface area contributed by atoms with Gasteiger partial charge in [0.2, 0.25) is 0 Å². The molecule has 5 heteroatoms. The highest BCUT2D eigenvalue weighted by atomic mass is 16.4. The lowest BCUT2D eigenvalue weighted by molar-refractivity contribution is -0.131. The van der Waals surface area contributed by atoms with Gasteiger partial charge in [-0.1, -0.05) is 42.5 Å². The molecule has 4 N–H and O–H groups in total. The summed E-state index contributed by atoms with van der Waals surface area (Å²) in [7, 11) is 0. The fraction of sp³-hybridized carbons (Fsp3) is 0. The standard InChI is InChI=1S/C9H8N2O.C9H8O2/c10-9(12)7-3-1-2-6-4-5-11-8(6)7;10-9(11)7-6-8-4-2-1-3-5-8/h1-5,11H,(H2,10,12);1-7H,(H,10,11). The summed E-state index contributed by atoms with van der Waals surface area (Å²) in [4.78, 5) is 24.0. The smallest absolute Gasteiger partial charge is 0.328 e. The van der Waals surface area contributed by atoms with Gasteiger partial charge in [-0.3, -0.25) is 4.79 Å². The van der Waals surface area contributed by atoms with Gasteiger partial charge in [-0.25, -0.2) is 4.79 Å². The van der Waals surface area contributed by atoms with Crippen molar-refractivity contribution in [2.45, 2.75) is 0 Å². The molecule has 1 aromatic heterocycles. The predicted octanol–water partition coefficient (Wildman–Crippen LogP) is 3.05. The quantitative estimate of drug-likeness (QED) is 0.649. The molecule has 0 radical (unpaired) electrons. The molecular weight excluding hydrogens is 292 g/mol. The van der Waals surface area contributed by atoms with Crippen LogP contribution in [0.3, 0.4) is 0 Å². The molecule has 0 fully saturated rings. The maximum atomic E-state index is 10.9. The zero-order chi connectivity index (χ0) is 16.7. The first-order chi connectivity index (χ1) is 11.1. The van der Waals surface area contributed by atoms with Crippen LogP contribution >= 0.6 is 0 Å². The topological polar surface area (TPSA) is 96.2 Å². The van der Waals surface area contributed by atoms with Gasteiger partial charge >= 0.3 is 5.97 Å². The van der Waals surface area contributed by atoms with Gasteiger partial charge in [-0.15, -0.1) is 0 Å². The molecule has 5 nitrogen and oxygen atoms in total. The van der Waals surface area contributed by atoms with Crippen LogP contribution in [0.25, 0.3) is 17.0 Å². The van der Waals surface area contributed by atoms with Gasteiger partial charge in [0.05, 0.1) is 11.1 Å². The number of carboxylic acid groups (broad SMARTS) is 1. The highest BCUT2D eigenvalue weighted by Gasteiger charge is 2.05. The zero-order valence-corrected chi connectivity index (χ0v) is 12.3. The first kappa shape index (κ1) is 16.0.